The van der Waals surface area contributed by atoms with Gasteiger partial charge in [-0.05, 0) is 12.5 Å². The maximum absolute atomic E-state index is 12.9. The van der Waals surface area contributed by atoms with Crippen LogP contribution in [0.3, 0.4) is 0 Å². The minimum absolute atomic E-state index is 0.00851. The molecule has 2 N–H and O–H groups in total. The minimum atomic E-state index is -1.30. The zero-order valence-electron chi connectivity index (χ0n) is 17.4. The van der Waals surface area contributed by atoms with Crippen LogP contribution < -0.4 is 10.6 Å². The van der Waals surface area contributed by atoms with Gasteiger partial charge in [-0.1, -0.05) is 60.7 Å². The van der Waals surface area contributed by atoms with Crippen molar-refractivity contribution >= 4 is 23.8 Å². The summed E-state index contributed by atoms with van der Waals surface area (Å²) in [7, 11) is 1.37. The molecule has 1 heterocycles. The standard InChI is InChI=1S/C23H25N3O5/c1-15(16-9-5-3-6-10-16)26-14-18(13-19(26)27)22(29)31-20(17-11-7-4-8-12-17)21(28)25-23(30)24-2/h3-12,15,18,20H,13-14H2,1-2H3,(H2,24,25,28,30)/t15-,18+,20-/m0/s1. The second-order valence-corrected chi connectivity index (χ2v) is 7.33. The van der Waals surface area contributed by atoms with Gasteiger partial charge in [0, 0.05) is 25.6 Å². The zero-order chi connectivity index (χ0) is 22.4. The van der Waals surface area contributed by atoms with Crippen molar-refractivity contribution in [2.75, 3.05) is 13.6 Å². The second kappa shape index (κ2) is 9.88. The number of hydrogen-bond donors (Lipinski definition) is 2. The van der Waals surface area contributed by atoms with Gasteiger partial charge in [-0.15, -0.1) is 0 Å². The smallest absolute Gasteiger partial charge is 0.321 e. The number of carbonyl (C=O) groups is 4. The van der Waals surface area contributed by atoms with Crippen LogP contribution in [0.2, 0.25) is 0 Å². The number of esters is 1. The maximum Gasteiger partial charge on any atom is 0.321 e. The summed E-state index contributed by atoms with van der Waals surface area (Å²) in [5.41, 5.74) is 1.40. The highest BCUT2D eigenvalue weighted by atomic mass is 16.5. The largest absolute Gasteiger partial charge is 0.447 e. The van der Waals surface area contributed by atoms with Crippen molar-refractivity contribution in [3.05, 3.63) is 71.8 Å². The number of carbonyl (C=O) groups excluding carboxylic acids is 4. The Kier molecular flexibility index (Phi) is 7.02. The predicted octanol–water partition coefficient (Wildman–Crippen LogP) is 2.34. The third kappa shape index (κ3) is 5.28. The molecule has 3 atom stereocenters. The number of nitrogens with zero attached hydrogens (tertiary/aromatic N) is 1. The number of urea groups is 1. The quantitative estimate of drug-likeness (QED) is 0.694. The van der Waals surface area contributed by atoms with E-state index in [-0.39, 0.29) is 24.9 Å². The van der Waals surface area contributed by atoms with E-state index < -0.39 is 29.9 Å². The fourth-order valence-corrected chi connectivity index (χ4v) is 3.53. The van der Waals surface area contributed by atoms with Crippen LogP contribution in [0.15, 0.2) is 60.7 Å². The Bertz CT molecular complexity index is 948. The van der Waals surface area contributed by atoms with E-state index in [0.29, 0.717) is 5.56 Å². The first kappa shape index (κ1) is 22.0. The molecule has 2 aromatic rings. The summed E-state index contributed by atoms with van der Waals surface area (Å²) in [5.74, 6) is -2.27. The molecule has 0 aromatic heterocycles. The van der Waals surface area contributed by atoms with Crippen molar-refractivity contribution in [3.8, 4) is 0 Å². The SMILES string of the molecule is CNC(=O)NC(=O)[C@@H](OC(=O)[C@@H]1CC(=O)N([C@@H](C)c2ccccc2)C1)c1ccccc1. The van der Waals surface area contributed by atoms with Crippen LogP contribution in [0.5, 0.6) is 0 Å². The molecular weight excluding hydrogens is 398 g/mol. The Morgan fingerprint density at radius 1 is 1.00 bits per heavy atom. The molecule has 8 heteroatoms. The number of benzene rings is 2. The van der Waals surface area contributed by atoms with Gasteiger partial charge in [-0.3, -0.25) is 19.7 Å². The lowest BCUT2D eigenvalue weighted by Crippen LogP contribution is -2.41. The number of rotatable bonds is 6. The molecule has 1 saturated heterocycles. The lowest BCUT2D eigenvalue weighted by molar-refractivity contribution is -0.159. The van der Waals surface area contributed by atoms with Crippen LogP contribution in [0, 0.1) is 5.92 Å². The second-order valence-electron chi connectivity index (χ2n) is 7.33. The van der Waals surface area contributed by atoms with Gasteiger partial charge in [-0.2, -0.15) is 0 Å². The molecule has 31 heavy (non-hydrogen) atoms. The maximum atomic E-state index is 12.9. The summed E-state index contributed by atoms with van der Waals surface area (Å²) in [6, 6.07) is 17.1. The summed E-state index contributed by atoms with van der Waals surface area (Å²) >= 11 is 0. The van der Waals surface area contributed by atoms with Crippen LogP contribution in [-0.4, -0.2) is 42.3 Å². The van der Waals surface area contributed by atoms with Gasteiger partial charge in [0.25, 0.3) is 5.91 Å². The number of nitrogens with one attached hydrogen (secondary N) is 2. The van der Waals surface area contributed by atoms with E-state index in [2.05, 4.69) is 10.6 Å². The minimum Gasteiger partial charge on any atom is -0.447 e. The molecule has 3 rings (SSSR count). The van der Waals surface area contributed by atoms with E-state index in [1.807, 2.05) is 37.3 Å². The fraction of sp³-hybridized carbons (Fsp3) is 0.304. The first-order valence-corrected chi connectivity index (χ1v) is 10.0. The molecule has 0 spiro atoms. The van der Waals surface area contributed by atoms with E-state index in [9.17, 15) is 19.2 Å². The molecule has 1 aliphatic heterocycles. The number of ether oxygens (including phenoxy) is 1. The van der Waals surface area contributed by atoms with Crippen molar-refractivity contribution in [2.45, 2.75) is 25.5 Å². The average molecular weight is 423 g/mol. The third-order valence-electron chi connectivity index (χ3n) is 5.28. The molecule has 8 nitrogen and oxygen atoms in total. The van der Waals surface area contributed by atoms with Crippen LogP contribution in [0.25, 0.3) is 0 Å². The van der Waals surface area contributed by atoms with Gasteiger partial charge < -0.3 is 15.0 Å². The van der Waals surface area contributed by atoms with Crippen molar-refractivity contribution in [1.29, 1.82) is 0 Å². The zero-order valence-corrected chi connectivity index (χ0v) is 17.4. The highest BCUT2D eigenvalue weighted by Crippen LogP contribution is 2.30. The molecule has 1 aliphatic rings. The molecule has 0 radical (unpaired) electrons. The molecule has 0 unspecified atom stereocenters. The molecule has 1 fully saturated rings. The summed E-state index contributed by atoms with van der Waals surface area (Å²) < 4.78 is 5.50. The summed E-state index contributed by atoms with van der Waals surface area (Å²) in [6.45, 7) is 2.11. The van der Waals surface area contributed by atoms with E-state index in [0.717, 1.165) is 5.56 Å². The van der Waals surface area contributed by atoms with Crippen molar-refractivity contribution in [2.24, 2.45) is 5.92 Å². The van der Waals surface area contributed by atoms with Gasteiger partial charge >= 0.3 is 12.0 Å². The Hall–Kier alpha value is -3.68. The van der Waals surface area contributed by atoms with Crippen molar-refractivity contribution in [1.82, 2.24) is 15.5 Å². The monoisotopic (exact) mass is 423 g/mol. The van der Waals surface area contributed by atoms with Crippen molar-refractivity contribution in [3.63, 3.8) is 0 Å². The van der Waals surface area contributed by atoms with E-state index >= 15 is 0 Å². The van der Waals surface area contributed by atoms with Crippen molar-refractivity contribution < 1.29 is 23.9 Å². The average Bonchev–Trinajstić information content (AvgIpc) is 3.19. The fourth-order valence-electron chi connectivity index (χ4n) is 3.53. The van der Waals surface area contributed by atoms with Gasteiger partial charge in [0.1, 0.15) is 0 Å². The number of hydrogen-bond acceptors (Lipinski definition) is 5. The van der Waals surface area contributed by atoms with Crippen LogP contribution in [0.4, 0.5) is 4.79 Å². The van der Waals surface area contributed by atoms with Crippen LogP contribution >= 0.6 is 0 Å². The molecule has 0 saturated carbocycles. The predicted molar refractivity (Wildman–Crippen MR) is 113 cm³/mol. The lowest BCUT2D eigenvalue weighted by atomic mass is 10.1. The Labute approximate surface area is 180 Å². The molecule has 0 bridgehead atoms. The molecule has 162 valence electrons. The molecule has 0 aliphatic carbocycles. The van der Waals surface area contributed by atoms with E-state index in [4.69, 9.17) is 4.74 Å². The molecular formula is C23H25N3O5. The van der Waals surface area contributed by atoms with Gasteiger partial charge in [0.2, 0.25) is 12.0 Å². The van der Waals surface area contributed by atoms with Crippen LogP contribution in [-0.2, 0) is 19.1 Å². The number of imide groups is 1. The van der Waals surface area contributed by atoms with Gasteiger partial charge in [0.15, 0.2) is 0 Å². The summed E-state index contributed by atoms with van der Waals surface area (Å²) in [6.07, 6.45) is -1.30. The number of likely N-dealkylation sites (tertiary alicyclic amines) is 1. The highest BCUT2D eigenvalue weighted by Gasteiger charge is 2.39. The summed E-state index contributed by atoms with van der Waals surface area (Å²) in [5, 5.41) is 4.43. The Morgan fingerprint density at radius 3 is 2.16 bits per heavy atom. The van der Waals surface area contributed by atoms with Crippen LogP contribution in [0.1, 0.15) is 36.6 Å². The van der Waals surface area contributed by atoms with Gasteiger partial charge in [-0.25, -0.2) is 4.79 Å². The Balaban J connectivity index is 1.72. The van der Waals surface area contributed by atoms with Gasteiger partial charge in [0.05, 0.1) is 12.0 Å². The first-order chi connectivity index (χ1) is 14.9. The Morgan fingerprint density at radius 2 is 1.58 bits per heavy atom. The van der Waals surface area contributed by atoms with E-state index in [1.54, 1.807) is 35.2 Å². The molecule has 4 amide bonds. The van der Waals surface area contributed by atoms with E-state index in [1.165, 1.54) is 7.05 Å². The number of amides is 4. The normalized spacial score (nSPS) is 17.5. The molecule has 2 aromatic carbocycles. The highest BCUT2D eigenvalue weighted by molar-refractivity contribution is 5.98. The lowest BCUT2D eigenvalue weighted by Gasteiger charge is -2.25. The third-order valence-corrected chi connectivity index (χ3v) is 5.28. The summed E-state index contributed by atoms with van der Waals surface area (Å²) in [4.78, 5) is 51.2. The first-order valence-electron chi connectivity index (χ1n) is 10.0. The topological polar surface area (TPSA) is 105 Å².